The van der Waals surface area contributed by atoms with E-state index in [1.165, 1.54) is 33.4 Å². The Morgan fingerprint density at radius 3 is 2.66 bits per heavy atom. The summed E-state index contributed by atoms with van der Waals surface area (Å²) in [6.45, 7) is 5.28. The maximum atomic E-state index is 11.6. The summed E-state index contributed by atoms with van der Waals surface area (Å²) in [5.74, 6) is 1.06. The first-order valence-electron chi connectivity index (χ1n) is 11.1. The molecule has 1 unspecified atom stereocenters. The Morgan fingerprint density at radius 1 is 1.06 bits per heavy atom. The molecule has 1 atom stereocenters. The summed E-state index contributed by atoms with van der Waals surface area (Å²) < 4.78 is 8.47. The molecular weight excluding hydrogens is 416 g/mol. The molecule has 4 nitrogen and oxygen atoms in total. The van der Waals surface area contributed by atoms with E-state index in [2.05, 4.69) is 85.2 Å². The fourth-order valence-electron chi connectivity index (χ4n) is 4.34. The number of hydrogen-bond acceptors (Lipinski definition) is 4. The molecule has 1 amide bonds. The second kappa shape index (κ2) is 10.2. The highest BCUT2D eigenvalue weighted by molar-refractivity contribution is 7.78. The highest BCUT2D eigenvalue weighted by atomic mass is 32.1. The summed E-state index contributed by atoms with van der Waals surface area (Å²) in [7, 11) is 0. The molecule has 1 aliphatic rings. The standard InChI is InChI=1S/C27H30N2O2S/c1-18-4-3-5-24(19(18)2)23-11-9-21(10-12-23)22(14-15-28-32)8-6-20-7-13-26-25(16-20)29-27(30)17-31-26/h3-5,7,9-13,16,22,28,32H,6,8,14-15,17H2,1-2H3,(H,29,30). The molecule has 1 aliphatic heterocycles. The maximum absolute atomic E-state index is 11.6. The molecule has 0 fully saturated rings. The fraction of sp³-hybridized carbons (Fsp3) is 0.296. The van der Waals surface area contributed by atoms with Crippen molar-refractivity contribution in [2.75, 3.05) is 18.5 Å². The number of carbonyl (C=O) groups excluding carboxylic acids is 1. The third-order valence-electron chi connectivity index (χ3n) is 6.36. The van der Waals surface area contributed by atoms with E-state index in [0.717, 1.165) is 37.2 Å². The average Bonchev–Trinajstić information content (AvgIpc) is 2.81. The van der Waals surface area contributed by atoms with E-state index in [0.29, 0.717) is 5.92 Å². The normalized spacial score (nSPS) is 13.8. The molecule has 1 heterocycles. The highest BCUT2D eigenvalue weighted by Crippen LogP contribution is 2.32. The predicted molar refractivity (Wildman–Crippen MR) is 135 cm³/mol. The van der Waals surface area contributed by atoms with Gasteiger partial charge in [-0.25, -0.2) is 0 Å². The molecule has 0 aliphatic carbocycles. The van der Waals surface area contributed by atoms with Crippen molar-refractivity contribution in [2.45, 2.75) is 39.0 Å². The van der Waals surface area contributed by atoms with Gasteiger partial charge in [0.25, 0.3) is 5.91 Å². The van der Waals surface area contributed by atoms with Crippen molar-refractivity contribution < 1.29 is 9.53 Å². The van der Waals surface area contributed by atoms with Crippen LogP contribution in [-0.4, -0.2) is 19.1 Å². The minimum Gasteiger partial charge on any atom is -0.482 e. The zero-order chi connectivity index (χ0) is 22.5. The van der Waals surface area contributed by atoms with E-state index in [1.807, 2.05) is 12.1 Å². The van der Waals surface area contributed by atoms with E-state index in [9.17, 15) is 4.79 Å². The first kappa shape index (κ1) is 22.4. The molecule has 0 spiro atoms. The van der Waals surface area contributed by atoms with Gasteiger partial charge in [0.15, 0.2) is 6.61 Å². The first-order valence-corrected chi connectivity index (χ1v) is 11.6. The molecule has 0 bridgehead atoms. The second-order valence-corrected chi connectivity index (χ2v) is 8.79. The van der Waals surface area contributed by atoms with Crippen molar-refractivity contribution >= 4 is 24.4 Å². The molecule has 0 aromatic heterocycles. The van der Waals surface area contributed by atoms with Crippen LogP contribution in [0.2, 0.25) is 0 Å². The third kappa shape index (κ3) is 5.17. The number of rotatable bonds is 8. The number of hydrogen-bond donors (Lipinski definition) is 3. The number of carbonyl (C=O) groups is 1. The Kier molecular flexibility index (Phi) is 7.18. The molecule has 3 aromatic rings. The van der Waals surface area contributed by atoms with E-state index in [1.54, 1.807) is 0 Å². The zero-order valence-corrected chi connectivity index (χ0v) is 19.5. The molecule has 3 aromatic carbocycles. The lowest BCUT2D eigenvalue weighted by atomic mass is 9.88. The Balaban J connectivity index is 1.49. The molecule has 0 saturated carbocycles. The Bertz CT molecular complexity index is 1100. The van der Waals surface area contributed by atoms with Gasteiger partial charge >= 0.3 is 0 Å². The summed E-state index contributed by atoms with van der Waals surface area (Å²) in [5, 5.41) is 2.90. The maximum Gasteiger partial charge on any atom is 0.262 e. The van der Waals surface area contributed by atoms with E-state index in [4.69, 9.17) is 4.74 Å². The van der Waals surface area contributed by atoms with Crippen molar-refractivity contribution in [2.24, 2.45) is 0 Å². The van der Waals surface area contributed by atoms with Crippen molar-refractivity contribution in [3.8, 4) is 16.9 Å². The van der Waals surface area contributed by atoms with Gasteiger partial charge in [0.05, 0.1) is 5.69 Å². The molecule has 0 saturated heterocycles. The topological polar surface area (TPSA) is 50.4 Å². The van der Waals surface area contributed by atoms with Crippen molar-refractivity contribution in [1.82, 2.24) is 4.72 Å². The third-order valence-corrected chi connectivity index (χ3v) is 6.58. The largest absolute Gasteiger partial charge is 0.482 e. The van der Waals surface area contributed by atoms with Crippen LogP contribution >= 0.6 is 12.8 Å². The minimum atomic E-state index is -0.101. The molecule has 166 valence electrons. The smallest absolute Gasteiger partial charge is 0.262 e. The minimum absolute atomic E-state index is 0.0865. The lowest BCUT2D eigenvalue weighted by molar-refractivity contribution is -0.118. The van der Waals surface area contributed by atoms with Gasteiger partial charge < -0.3 is 10.1 Å². The van der Waals surface area contributed by atoms with E-state index < -0.39 is 0 Å². The van der Waals surface area contributed by atoms with Gasteiger partial charge in [-0.2, -0.15) is 0 Å². The van der Waals surface area contributed by atoms with Crippen LogP contribution in [-0.2, 0) is 11.2 Å². The van der Waals surface area contributed by atoms with Crippen molar-refractivity contribution in [1.29, 1.82) is 0 Å². The quantitative estimate of drug-likeness (QED) is 0.381. The number of amides is 1. The Hall–Kier alpha value is -2.76. The van der Waals surface area contributed by atoms with Crippen LogP contribution in [0.4, 0.5) is 5.69 Å². The number of ether oxygens (including phenoxy) is 1. The molecule has 4 rings (SSSR count). The Labute approximate surface area is 195 Å². The van der Waals surface area contributed by atoms with Gasteiger partial charge in [-0.1, -0.05) is 61.3 Å². The van der Waals surface area contributed by atoms with Crippen LogP contribution in [0, 0.1) is 13.8 Å². The summed E-state index contributed by atoms with van der Waals surface area (Å²) >= 11 is 4.19. The number of fused-ring (bicyclic) bond motifs is 1. The Morgan fingerprint density at radius 2 is 1.88 bits per heavy atom. The summed E-state index contributed by atoms with van der Waals surface area (Å²) in [6.07, 6.45) is 2.96. The first-order chi connectivity index (χ1) is 15.5. The molecule has 5 heteroatoms. The van der Waals surface area contributed by atoms with Crippen LogP contribution in [0.3, 0.4) is 0 Å². The molecule has 0 radical (unpaired) electrons. The highest BCUT2D eigenvalue weighted by Gasteiger charge is 2.17. The summed E-state index contributed by atoms with van der Waals surface area (Å²) in [4.78, 5) is 11.6. The van der Waals surface area contributed by atoms with E-state index in [-0.39, 0.29) is 12.5 Å². The molecule has 2 N–H and O–H groups in total. The predicted octanol–water partition coefficient (Wildman–Crippen LogP) is 5.84. The molecule has 32 heavy (non-hydrogen) atoms. The van der Waals surface area contributed by atoms with Gasteiger partial charge in [0, 0.05) is 6.54 Å². The zero-order valence-electron chi connectivity index (χ0n) is 18.7. The van der Waals surface area contributed by atoms with Gasteiger partial charge in [0.1, 0.15) is 5.75 Å². The number of anilines is 1. The van der Waals surface area contributed by atoms with Crippen LogP contribution in [0.5, 0.6) is 5.75 Å². The van der Waals surface area contributed by atoms with Crippen LogP contribution in [0.1, 0.15) is 41.0 Å². The number of aryl methyl sites for hydroxylation is 2. The molecular formula is C27H30N2O2S. The lowest BCUT2D eigenvalue weighted by Crippen LogP contribution is -2.25. The van der Waals surface area contributed by atoms with E-state index >= 15 is 0 Å². The average molecular weight is 447 g/mol. The summed E-state index contributed by atoms with van der Waals surface area (Å²) in [5.41, 5.74) is 8.51. The number of benzene rings is 3. The van der Waals surface area contributed by atoms with Crippen LogP contribution < -0.4 is 14.8 Å². The number of thiol groups is 1. The monoisotopic (exact) mass is 446 g/mol. The SMILES string of the molecule is Cc1cccc(-c2ccc(C(CCNS)CCc3ccc4c(c3)NC(=O)CO4)cc2)c1C. The van der Waals surface area contributed by atoms with Crippen LogP contribution in [0.15, 0.2) is 60.7 Å². The fourth-order valence-corrected chi connectivity index (χ4v) is 4.47. The van der Waals surface area contributed by atoms with Crippen LogP contribution in [0.25, 0.3) is 11.1 Å². The van der Waals surface area contributed by atoms with Gasteiger partial charge in [0.2, 0.25) is 0 Å². The lowest BCUT2D eigenvalue weighted by Gasteiger charge is -2.20. The van der Waals surface area contributed by atoms with Gasteiger partial charge in [-0.05, 0) is 84.5 Å². The summed E-state index contributed by atoms with van der Waals surface area (Å²) in [6, 6.07) is 21.6. The van der Waals surface area contributed by atoms with Gasteiger partial charge in [-0.15, -0.1) is 0 Å². The van der Waals surface area contributed by atoms with Crippen molar-refractivity contribution in [3.05, 3.63) is 82.9 Å². The van der Waals surface area contributed by atoms with Gasteiger partial charge in [-0.3, -0.25) is 9.52 Å². The second-order valence-electron chi connectivity index (χ2n) is 8.47. The van der Waals surface area contributed by atoms with Crippen molar-refractivity contribution in [3.63, 3.8) is 0 Å². The number of nitrogens with one attached hydrogen (secondary N) is 2.